The molecule has 1 aromatic heterocycles. The van der Waals surface area contributed by atoms with Gasteiger partial charge in [-0.15, -0.1) is 11.3 Å². The Hall–Kier alpha value is -1.43. The zero-order chi connectivity index (χ0) is 17.8. The highest BCUT2D eigenvalue weighted by atomic mass is 32.1. The molecule has 1 heterocycles. The highest BCUT2D eigenvalue weighted by molar-refractivity contribution is 7.14. The maximum atomic E-state index is 12.5. The highest BCUT2D eigenvalue weighted by Crippen LogP contribution is 2.26. The van der Waals surface area contributed by atoms with Gasteiger partial charge in [-0.05, 0) is 11.8 Å². The van der Waals surface area contributed by atoms with Crippen LogP contribution in [0.5, 0.6) is 0 Å². The summed E-state index contributed by atoms with van der Waals surface area (Å²) in [5.41, 5.74) is 0.894. The third kappa shape index (κ3) is 6.29. The minimum atomic E-state index is -0.553. The van der Waals surface area contributed by atoms with Crippen molar-refractivity contribution in [3.63, 3.8) is 0 Å². The minimum Gasteiger partial charge on any atom is -0.344 e. The molecule has 1 unspecified atom stereocenters. The van der Waals surface area contributed by atoms with Gasteiger partial charge in [-0.3, -0.25) is 9.59 Å². The number of carbonyl (C=O) groups excluding carboxylic acids is 2. The Morgan fingerprint density at radius 1 is 1.22 bits per heavy atom. The van der Waals surface area contributed by atoms with E-state index in [4.69, 9.17) is 0 Å². The second kappa shape index (κ2) is 7.90. The van der Waals surface area contributed by atoms with Crippen molar-refractivity contribution in [3.8, 4) is 0 Å². The summed E-state index contributed by atoms with van der Waals surface area (Å²) in [5, 5.41) is 8.19. The van der Waals surface area contributed by atoms with Crippen LogP contribution in [0.3, 0.4) is 0 Å². The summed E-state index contributed by atoms with van der Waals surface area (Å²) < 4.78 is 0. The predicted molar refractivity (Wildman–Crippen MR) is 95.7 cm³/mol. The lowest BCUT2D eigenvalue weighted by molar-refractivity contribution is -0.127. The first kappa shape index (κ1) is 19.6. The number of hydrogen-bond donors (Lipinski definition) is 2. The molecule has 0 aliphatic heterocycles. The average molecular weight is 340 g/mol. The van der Waals surface area contributed by atoms with E-state index < -0.39 is 6.04 Å². The molecule has 0 fully saturated rings. The Bertz CT molecular complexity index is 544. The van der Waals surface area contributed by atoms with Crippen molar-refractivity contribution in [3.05, 3.63) is 11.1 Å². The van der Waals surface area contributed by atoms with Gasteiger partial charge in [0.05, 0.1) is 5.69 Å². The largest absolute Gasteiger partial charge is 0.344 e. The van der Waals surface area contributed by atoms with Gasteiger partial charge in [-0.2, -0.15) is 0 Å². The van der Waals surface area contributed by atoms with Crippen LogP contribution in [0.4, 0.5) is 5.13 Å². The number of rotatable bonds is 6. The number of amides is 2. The van der Waals surface area contributed by atoms with Crippen LogP contribution in [-0.2, 0) is 15.0 Å². The van der Waals surface area contributed by atoms with E-state index in [9.17, 15) is 9.59 Å². The number of aromatic nitrogens is 1. The summed E-state index contributed by atoms with van der Waals surface area (Å²) in [4.78, 5) is 28.9. The molecule has 130 valence electrons. The van der Waals surface area contributed by atoms with Crippen LogP contribution in [0, 0.1) is 11.8 Å². The van der Waals surface area contributed by atoms with Gasteiger partial charge in [0, 0.05) is 17.2 Å². The monoisotopic (exact) mass is 339 g/mol. The van der Waals surface area contributed by atoms with E-state index in [1.165, 1.54) is 11.3 Å². The van der Waals surface area contributed by atoms with E-state index in [2.05, 4.69) is 36.4 Å². The minimum absolute atomic E-state index is 0.00756. The van der Waals surface area contributed by atoms with Crippen LogP contribution < -0.4 is 10.6 Å². The molecular formula is C17H29N3O2S. The van der Waals surface area contributed by atoms with Gasteiger partial charge in [-0.1, -0.05) is 48.5 Å². The Balaban J connectivity index is 2.75. The van der Waals surface area contributed by atoms with Crippen LogP contribution in [0.2, 0.25) is 0 Å². The lowest BCUT2D eigenvalue weighted by Crippen LogP contribution is -2.47. The molecule has 0 aliphatic rings. The van der Waals surface area contributed by atoms with Gasteiger partial charge in [-0.25, -0.2) is 4.98 Å². The summed E-state index contributed by atoms with van der Waals surface area (Å²) in [7, 11) is 0. The number of anilines is 1. The second-order valence-corrected chi connectivity index (χ2v) is 8.52. The molecule has 0 spiro atoms. The summed E-state index contributed by atoms with van der Waals surface area (Å²) in [6.45, 7) is 14.0. The molecule has 1 atom stereocenters. The lowest BCUT2D eigenvalue weighted by Gasteiger charge is -2.21. The van der Waals surface area contributed by atoms with E-state index in [0.717, 1.165) is 5.69 Å². The summed E-state index contributed by atoms with van der Waals surface area (Å²) in [6, 6.07) is -0.553. The third-order valence-electron chi connectivity index (χ3n) is 3.36. The molecule has 0 bridgehead atoms. The van der Waals surface area contributed by atoms with Crippen molar-refractivity contribution in [1.82, 2.24) is 10.3 Å². The summed E-state index contributed by atoms with van der Waals surface area (Å²) in [6.07, 6.45) is 0.419. The number of carbonyl (C=O) groups is 2. The number of nitrogens with one attached hydrogen (secondary N) is 2. The summed E-state index contributed by atoms with van der Waals surface area (Å²) in [5.74, 6) is -0.0392. The molecule has 0 radical (unpaired) electrons. The Morgan fingerprint density at radius 3 is 2.26 bits per heavy atom. The normalized spacial score (nSPS) is 13.3. The van der Waals surface area contributed by atoms with Gasteiger partial charge >= 0.3 is 0 Å². The molecule has 0 saturated heterocycles. The van der Waals surface area contributed by atoms with E-state index in [0.29, 0.717) is 11.6 Å². The second-order valence-electron chi connectivity index (χ2n) is 7.66. The molecular weight excluding hydrogens is 310 g/mol. The van der Waals surface area contributed by atoms with Crippen LogP contribution in [0.1, 0.15) is 60.6 Å². The predicted octanol–water partition coefficient (Wildman–Crippen LogP) is 3.57. The fraction of sp³-hybridized carbons (Fsp3) is 0.706. The fourth-order valence-electron chi connectivity index (χ4n) is 2.00. The maximum absolute atomic E-state index is 12.5. The van der Waals surface area contributed by atoms with Crippen molar-refractivity contribution < 1.29 is 9.59 Å². The van der Waals surface area contributed by atoms with Crippen molar-refractivity contribution in [2.45, 2.75) is 66.3 Å². The van der Waals surface area contributed by atoms with Gasteiger partial charge in [0.1, 0.15) is 6.04 Å². The lowest BCUT2D eigenvalue weighted by atomic mass is 9.93. The third-order valence-corrected chi connectivity index (χ3v) is 4.12. The molecule has 2 amide bonds. The van der Waals surface area contributed by atoms with E-state index >= 15 is 0 Å². The molecule has 6 heteroatoms. The number of thiazole rings is 1. The molecule has 0 aromatic carbocycles. The smallest absolute Gasteiger partial charge is 0.248 e. The first-order valence-electron chi connectivity index (χ1n) is 8.07. The maximum Gasteiger partial charge on any atom is 0.248 e. The fourth-order valence-corrected chi connectivity index (χ4v) is 2.94. The molecule has 2 N–H and O–H groups in total. The van der Waals surface area contributed by atoms with E-state index in [1.807, 2.05) is 33.1 Å². The summed E-state index contributed by atoms with van der Waals surface area (Å²) >= 11 is 1.41. The van der Waals surface area contributed by atoms with Crippen molar-refractivity contribution >= 4 is 28.3 Å². The zero-order valence-electron chi connectivity index (χ0n) is 15.2. The molecule has 0 aliphatic carbocycles. The molecule has 23 heavy (non-hydrogen) atoms. The van der Waals surface area contributed by atoms with Crippen molar-refractivity contribution in [2.75, 3.05) is 5.32 Å². The highest BCUT2D eigenvalue weighted by Gasteiger charge is 2.26. The van der Waals surface area contributed by atoms with E-state index in [-0.39, 0.29) is 29.1 Å². The van der Waals surface area contributed by atoms with Crippen LogP contribution in [0.25, 0.3) is 0 Å². The van der Waals surface area contributed by atoms with Gasteiger partial charge in [0.15, 0.2) is 5.13 Å². The molecule has 0 saturated carbocycles. The quantitative estimate of drug-likeness (QED) is 0.832. The molecule has 1 rings (SSSR count). The topological polar surface area (TPSA) is 71.1 Å². The van der Waals surface area contributed by atoms with Crippen LogP contribution in [-0.4, -0.2) is 22.8 Å². The van der Waals surface area contributed by atoms with Crippen LogP contribution in [0.15, 0.2) is 5.38 Å². The Kier molecular flexibility index (Phi) is 6.74. The first-order chi connectivity index (χ1) is 10.5. The first-order valence-corrected chi connectivity index (χ1v) is 8.95. The van der Waals surface area contributed by atoms with Gasteiger partial charge in [0.25, 0.3) is 0 Å². The zero-order valence-corrected chi connectivity index (χ0v) is 16.0. The Labute approximate surface area is 143 Å². The van der Waals surface area contributed by atoms with E-state index in [1.54, 1.807) is 0 Å². The van der Waals surface area contributed by atoms with Gasteiger partial charge in [0.2, 0.25) is 11.8 Å². The molecule has 1 aromatic rings. The standard InChI is InChI=1S/C17H29N3O2S/c1-10(2)8-13(21)19-14(11(3)4)15(22)20-16-18-12(9-23-16)17(5,6)7/h9-11,14H,8H2,1-7H3,(H,19,21)(H,18,20,22). The van der Waals surface area contributed by atoms with Crippen LogP contribution >= 0.6 is 11.3 Å². The number of hydrogen-bond acceptors (Lipinski definition) is 4. The van der Waals surface area contributed by atoms with Gasteiger partial charge < -0.3 is 10.6 Å². The average Bonchev–Trinajstić information content (AvgIpc) is 2.82. The van der Waals surface area contributed by atoms with Crippen molar-refractivity contribution in [2.24, 2.45) is 11.8 Å². The SMILES string of the molecule is CC(C)CC(=O)NC(C(=O)Nc1nc(C(C)(C)C)cs1)C(C)C. The van der Waals surface area contributed by atoms with Crippen molar-refractivity contribution in [1.29, 1.82) is 0 Å². The number of nitrogens with zero attached hydrogens (tertiary/aromatic N) is 1. The molecule has 5 nitrogen and oxygen atoms in total. The Morgan fingerprint density at radius 2 is 1.83 bits per heavy atom.